The highest BCUT2D eigenvalue weighted by Gasteiger charge is 2.50. The lowest BCUT2D eigenvalue weighted by Gasteiger charge is -2.31. The summed E-state index contributed by atoms with van der Waals surface area (Å²) in [6, 6.07) is 7.90. The van der Waals surface area contributed by atoms with Crippen LogP contribution in [0.25, 0.3) is 0 Å². The summed E-state index contributed by atoms with van der Waals surface area (Å²) in [5.74, 6) is 0.634. The first-order chi connectivity index (χ1) is 7.72. The lowest BCUT2D eigenvalue weighted by atomic mass is 9.76. The predicted octanol–water partition coefficient (Wildman–Crippen LogP) is 1.47. The van der Waals surface area contributed by atoms with E-state index in [1.54, 1.807) is 11.8 Å². The molecule has 2 aliphatic heterocycles. The highest BCUT2D eigenvalue weighted by molar-refractivity contribution is 7.99. The molecular formula is C12H11NO2S. The summed E-state index contributed by atoms with van der Waals surface area (Å²) < 4.78 is 0. The highest BCUT2D eigenvalue weighted by Crippen LogP contribution is 2.45. The summed E-state index contributed by atoms with van der Waals surface area (Å²) in [6.07, 6.45) is 1.07. The van der Waals surface area contributed by atoms with Gasteiger partial charge in [-0.3, -0.25) is 14.9 Å². The highest BCUT2D eigenvalue weighted by atomic mass is 32.2. The van der Waals surface area contributed by atoms with Crippen LogP contribution in [0.3, 0.4) is 0 Å². The fraction of sp³-hybridized carbons (Fsp3) is 0.333. The Morgan fingerprint density at radius 1 is 1.25 bits per heavy atom. The van der Waals surface area contributed by atoms with Crippen molar-refractivity contribution in [3.05, 3.63) is 29.8 Å². The van der Waals surface area contributed by atoms with Crippen LogP contribution in [0.2, 0.25) is 0 Å². The van der Waals surface area contributed by atoms with Gasteiger partial charge in [0, 0.05) is 11.3 Å². The number of carbonyl (C=O) groups excluding carboxylic acids is 2. The van der Waals surface area contributed by atoms with Gasteiger partial charge in [0.1, 0.15) is 0 Å². The zero-order valence-electron chi connectivity index (χ0n) is 8.66. The van der Waals surface area contributed by atoms with Crippen molar-refractivity contribution in [1.29, 1.82) is 0 Å². The molecule has 2 heterocycles. The number of rotatable bonds is 0. The fourth-order valence-corrected chi connectivity index (χ4v) is 3.79. The largest absolute Gasteiger partial charge is 0.296 e. The van der Waals surface area contributed by atoms with Crippen LogP contribution < -0.4 is 5.32 Å². The molecule has 0 aromatic heterocycles. The predicted molar refractivity (Wildman–Crippen MR) is 61.2 cm³/mol. The van der Waals surface area contributed by atoms with Crippen LogP contribution in [0.5, 0.6) is 0 Å². The number of imide groups is 1. The van der Waals surface area contributed by atoms with Crippen molar-refractivity contribution >= 4 is 23.6 Å². The molecule has 1 aromatic rings. The van der Waals surface area contributed by atoms with Crippen molar-refractivity contribution in [1.82, 2.24) is 5.32 Å². The molecule has 1 saturated heterocycles. The molecule has 0 bridgehead atoms. The van der Waals surface area contributed by atoms with Crippen molar-refractivity contribution in [3.63, 3.8) is 0 Å². The van der Waals surface area contributed by atoms with Gasteiger partial charge in [0.2, 0.25) is 11.8 Å². The third-order valence-electron chi connectivity index (χ3n) is 3.34. The number of hydrogen-bond acceptors (Lipinski definition) is 3. The molecule has 3 rings (SSSR count). The Bertz CT molecular complexity index is 486. The molecule has 0 radical (unpaired) electrons. The van der Waals surface area contributed by atoms with Gasteiger partial charge in [0.05, 0.1) is 5.41 Å². The average Bonchev–Trinajstić information content (AvgIpc) is 2.55. The number of thioether (sulfide) groups is 1. The zero-order valence-corrected chi connectivity index (χ0v) is 9.47. The first-order valence-electron chi connectivity index (χ1n) is 5.29. The van der Waals surface area contributed by atoms with E-state index in [4.69, 9.17) is 0 Å². The van der Waals surface area contributed by atoms with Gasteiger partial charge in [-0.15, -0.1) is 11.8 Å². The summed E-state index contributed by atoms with van der Waals surface area (Å²) in [7, 11) is 0. The topological polar surface area (TPSA) is 46.2 Å². The van der Waals surface area contributed by atoms with Gasteiger partial charge in [-0.2, -0.15) is 0 Å². The molecule has 1 unspecified atom stereocenters. The number of nitrogens with one attached hydrogen (secondary N) is 1. The fourth-order valence-electron chi connectivity index (χ4n) is 2.52. The molecule has 82 valence electrons. The van der Waals surface area contributed by atoms with E-state index < -0.39 is 5.41 Å². The average molecular weight is 233 g/mol. The molecule has 0 saturated carbocycles. The van der Waals surface area contributed by atoms with Crippen molar-refractivity contribution < 1.29 is 9.59 Å². The van der Waals surface area contributed by atoms with Crippen molar-refractivity contribution in [2.75, 3.05) is 5.75 Å². The summed E-state index contributed by atoms with van der Waals surface area (Å²) in [6.45, 7) is 0. The normalized spacial score (nSPS) is 28.0. The molecule has 1 spiro atoms. The zero-order chi connectivity index (χ0) is 11.2. The van der Waals surface area contributed by atoms with Crippen LogP contribution in [-0.4, -0.2) is 17.6 Å². The maximum absolute atomic E-state index is 12.0. The third kappa shape index (κ3) is 1.23. The smallest absolute Gasteiger partial charge is 0.237 e. The second-order valence-electron chi connectivity index (χ2n) is 4.23. The van der Waals surface area contributed by atoms with Gasteiger partial charge in [-0.25, -0.2) is 0 Å². The summed E-state index contributed by atoms with van der Waals surface area (Å²) in [5, 5.41) is 2.43. The quantitative estimate of drug-likeness (QED) is 0.690. The minimum Gasteiger partial charge on any atom is -0.296 e. The standard InChI is InChI=1S/C12H11NO2S/c14-10-7-12(11(15)13-10)5-6-16-9-4-2-1-3-8(9)12/h1-4H,5-7H2,(H,13,14,15). The minimum absolute atomic E-state index is 0.120. The summed E-state index contributed by atoms with van der Waals surface area (Å²) in [4.78, 5) is 24.5. The Morgan fingerprint density at radius 2 is 2.06 bits per heavy atom. The molecular weight excluding hydrogens is 222 g/mol. The van der Waals surface area contributed by atoms with Crippen LogP contribution in [0.15, 0.2) is 29.2 Å². The molecule has 16 heavy (non-hydrogen) atoms. The van der Waals surface area contributed by atoms with Crippen molar-refractivity contribution in [2.45, 2.75) is 23.2 Å². The van der Waals surface area contributed by atoms with Gasteiger partial charge in [0.15, 0.2) is 0 Å². The molecule has 1 fully saturated rings. The van der Waals surface area contributed by atoms with Crippen LogP contribution in [-0.2, 0) is 15.0 Å². The molecule has 2 aliphatic rings. The lowest BCUT2D eigenvalue weighted by molar-refractivity contribution is -0.126. The molecule has 0 aliphatic carbocycles. The number of fused-ring (bicyclic) bond motifs is 2. The van der Waals surface area contributed by atoms with E-state index >= 15 is 0 Å². The SMILES string of the molecule is O=C1CC2(CCSc3ccccc32)C(=O)N1. The molecule has 4 heteroatoms. The first kappa shape index (κ1) is 9.90. The Morgan fingerprint density at radius 3 is 2.81 bits per heavy atom. The van der Waals surface area contributed by atoms with Crippen LogP contribution >= 0.6 is 11.8 Å². The van der Waals surface area contributed by atoms with Crippen LogP contribution in [0.4, 0.5) is 0 Å². The van der Waals surface area contributed by atoms with Crippen LogP contribution in [0, 0.1) is 0 Å². The Hall–Kier alpha value is -1.29. The van der Waals surface area contributed by atoms with Gasteiger partial charge in [0.25, 0.3) is 0 Å². The summed E-state index contributed by atoms with van der Waals surface area (Å²) >= 11 is 1.76. The number of carbonyl (C=O) groups is 2. The van der Waals surface area contributed by atoms with Gasteiger partial charge in [-0.05, 0) is 23.8 Å². The Kier molecular flexibility index (Phi) is 2.07. The molecule has 1 aromatic carbocycles. The molecule has 2 amide bonds. The second-order valence-corrected chi connectivity index (χ2v) is 5.37. The number of benzene rings is 1. The Balaban J connectivity index is 2.17. The van der Waals surface area contributed by atoms with E-state index in [1.165, 1.54) is 0 Å². The molecule has 1 atom stereocenters. The summed E-state index contributed by atoms with van der Waals surface area (Å²) in [5.41, 5.74) is 0.438. The second kappa shape index (κ2) is 3.35. The monoisotopic (exact) mass is 233 g/mol. The van der Waals surface area contributed by atoms with E-state index in [2.05, 4.69) is 5.32 Å². The lowest BCUT2D eigenvalue weighted by Crippen LogP contribution is -2.38. The van der Waals surface area contributed by atoms with Crippen molar-refractivity contribution in [2.24, 2.45) is 0 Å². The van der Waals surface area contributed by atoms with Crippen molar-refractivity contribution in [3.8, 4) is 0 Å². The van der Waals surface area contributed by atoms with E-state index in [9.17, 15) is 9.59 Å². The number of amides is 2. The Labute approximate surface area is 97.6 Å². The van der Waals surface area contributed by atoms with E-state index in [1.807, 2.05) is 24.3 Å². The minimum atomic E-state index is -0.584. The third-order valence-corrected chi connectivity index (χ3v) is 4.41. The van der Waals surface area contributed by atoms with E-state index in [0.29, 0.717) is 6.42 Å². The van der Waals surface area contributed by atoms with E-state index in [0.717, 1.165) is 22.6 Å². The molecule has 3 nitrogen and oxygen atoms in total. The molecule has 1 N–H and O–H groups in total. The maximum atomic E-state index is 12.0. The van der Waals surface area contributed by atoms with Gasteiger partial charge in [-0.1, -0.05) is 18.2 Å². The maximum Gasteiger partial charge on any atom is 0.237 e. The first-order valence-corrected chi connectivity index (χ1v) is 6.27. The van der Waals surface area contributed by atoms with Crippen LogP contribution in [0.1, 0.15) is 18.4 Å². The van der Waals surface area contributed by atoms with Gasteiger partial charge >= 0.3 is 0 Å². The number of hydrogen-bond donors (Lipinski definition) is 1. The van der Waals surface area contributed by atoms with E-state index in [-0.39, 0.29) is 11.8 Å². The van der Waals surface area contributed by atoms with Gasteiger partial charge < -0.3 is 0 Å².